The van der Waals surface area contributed by atoms with Crippen molar-refractivity contribution in [3.05, 3.63) is 16.3 Å². The van der Waals surface area contributed by atoms with E-state index in [1.54, 1.807) is 14.0 Å². The van der Waals surface area contributed by atoms with E-state index in [1.807, 2.05) is 0 Å². The Kier molecular flexibility index (Phi) is 1.58. The second kappa shape index (κ2) is 2.26. The molecule has 56 valence electrons. The minimum Gasteiger partial charge on any atom is -0.385 e. The van der Waals surface area contributed by atoms with Crippen LogP contribution < -0.4 is 5.69 Å². The molecule has 5 heteroatoms. The van der Waals surface area contributed by atoms with E-state index in [0.29, 0.717) is 5.82 Å². The summed E-state index contributed by atoms with van der Waals surface area (Å²) in [5.74, 6) is 0.352. The Morgan fingerprint density at radius 1 is 1.80 bits per heavy atom. The van der Waals surface area contributed by atoms with Crippen molar-refractivity contribution in [3.8, 4) is 0 Å². The van der Waals surface area contributed by atoms with Crippen LogP contribution in [0.2, 0.25) is 0 Å². The lowest BCUT2D eigenvalue weighted by Crippen LogP contribution is -2.15. The normalized spacial score (nSPS) is 13.5. The van der Waals surface area contributed by atoms with Gasteiger partial charge < -0.3 is 5.11 Å². The predicted molar refractivity (Wildman–Crippen MR) is 34.5 cm³/mol. The molecule has 0 aromatic carbocycles. The van der Waals surface area contributed by atoms with Crippen molar-refractivity contribution >= 4 is 0 Å². The number of aromatic nitrogens is 3. The van der Waals surface area contributed by atoms with Gasteiger partial charge in [-0.25, -0.2) is 9.89 Å². The molecule has 10 heavy (non-hydrogen) atoms. The maximum Gasteiger partial charge on any atom is 0.343 e. The molecule has 0 aliphatic heterocycles. The number of aliphatic hydroxyl groups excluding tert-OH is 1. The summed E-state index contributed by atoms with van der Waals surface area (Å²) in [6, 6.07) is 0. The minimum atomic E-state index is -0.705. The molecule has 0 aliphatic carbocycles. The van der Waals surface area contributed by atoms with Crippen LogP contribution in [0.3, 0.4) is 0 Å². The standard InChI is InChI=1S/C5H9N3O2/c1-3(9)4-6-7-5(10)8(4)2/h3,9H,1-2H3,(H,7,10)/t3-/m1/s1. The van der Waals surface area contributed by atoms with Crippen molar-refractivity contribution < 1.29 is 5.11 Å². The Bertz CT molecular complexity index is 273. The number of aromatic amines is 1. The van der Waals surface area contributed by atoms with Crippen molar-refractivity contribution in [2.75, 3.05) is 0 Å². The highest BCUT2D eigenvalue weighted by Crippen LogP contribution is 2.02. The van der Waals surface area contributed by atoms with E-state index in [0.717, 1.165) is 0 Å². The second-order valence-electron chi connectivity index (χ2n) is 2.12. The first-order valence-electron chi connectivity index (χ1n) is 2.92. The van der Waals surface area contributed by atoms with Gasteiger partial charge in [-0.05, 0) is 6.92 Å². The fraction of sp³-hybridized carbons (Fsp3) is 0.600. The van der Waals surface area contributed by atoms with E-state index in [9.17, 15) is 4.79 Å². The molecular weight excluding hydrogens is 134 g/mol. The molecule has 0 radical (unpaired) electrons. The van der Waals surface area contributed by atoms with Crippen LogP contribution in [0.25, 0.3) is 0 Å². The SMILES string of the molecule is C[C@@H](O)c1n[nH]c(=O)n1C. The summed E-state index contributed by atoms with van der Waals surface area (Å²) in [7, 11) is 1.55. The number of aliphatic hydroxyl groups is 1. The smallest absolute Gasteiger partial charge is 0.343 e. The number of nitrogens with zero attached hydrogens (tertiary/aromatic N) is 2. The van der Waals surface area contributed by atoms with Crippen LogP contribution in [0.15, 0.2) is 4.79 Å². The van der Waals surface area contributed by atoms with Gasteiger partial charge in [-0.1, -0.05) is 0 Å². The molecule has 0 saturated carbocycles. The highest BCUT2D eigenvalue weighted by Gasteiger charge is 2.08. The molecule has 0 amide bonds. The van der Waals surface area contributed by atoms with Crippen LogP contribution in [-0.2, 0) is 7.05 Å². The molecule has 0 fully saturated rings. The van der Waals surface area contributed by atoms with E-state index in [2.05, 4.69) is 10.2 Å². The van der Waals surface area contributed by atoms with Crippen molar-refractivity contribution in [2.24, 2.45) is 7.05 Å². The molecule has 1 aromatic rings. The molecule has 1 atom stereocenters. The number of hydrogen-bond donors (Lipinski definition) is 2. The van der Waals surface area contributed by atoms with Crippen LogP contribution in [0.1, 0.15) is 18.9 Å². The first kappa shape index (κ1) is 7.01. The Morgan fingerprint density at radius 3 is 2.60 bits per heavy atom. The fourth-order valence-electron chi connectivity index (χ4n) is 0.733. The molecular formula is C5H9N3O2. The maximum absolute atomic E-state index is 10.7. The van der Waals surface area contributed by atoms with Crippen LogP contribution in [0, 0.1) is 0 Å². The summed E-state index contributed by atoms with van der Waals surface area (Å²) in [5, 5.41) is 14.8. The first-order chi connectivity index (χ1) is 4.63. The maximum atomic E-state index is 10.7. The van der Waals surface area contributed by atoms with E-state index >= 15 is 0 Å². The zero-order chi connectivity index (χ0) is 7.72. The van der Waals surface area contributed by atoms with Gasteiger partial charge in [0.1, 0.15) is 6.10 Å². The summed E-state index contributed by atoms with van der Waals surface area (Å²) in [6.07, 6.45) is -0.705. The highest BCUT2D eigenvalue weighted by molar-refractivity contribution is 4.87. The highest BCUT2D eigenvalue weighted by atomic mass is 16.3. The van der Waals surface area contributed by atoms with Gasteiger partial charge in [0.25, 0.3) is 0 Å². The van der Waals surface area contributed by atoms with Gasteiger partial charge in [-0.15, -0.1) is 0 Å². The molecule has 0 aliphatic rings. The Hall–Kier alpha value is -1.10. The molecule has 0 saturated heterocycles. The van der Waals surface area contributed by atoms with Gasteiger partial charge >= 0.3 is 5.69 Å². The Balaban J connectivity index is 3.18. The molecule has 0 spiro atoms. The second-order valence-corrected chi connectivity index (χ2v) is 2.12. The fourth-order valence-corrected chi connectivity index (χ4v) is 0.733. The quantitative estimate of drug-likeness (QED) is 0.538. The van der Waals surface area contributed by atoms with Gasteiger partial charge in [0.05, 0.1) is 0 Å². The Labute approximate surface area is 57.3 Å². The average molecular weight is 143 g/mol. The van der Waals surface area contributed by atoms with E-state index in [1.165, 1.54) is 4.57 Å². The number of hydrogen-bond acceptors (Lipinski definition) is 3. The van der Waals surface area contributed by atoms with Crippen LogP contribution in [-0.4, -0.2) is 19.9 Å². The first-order valence-corrected chi connectivity index (χ1v) is 2.92. The van der Waals surface area contributed by atoms with E-state index < -0.39 is 6.10 Å². The third kappa shape index (κ3) is 0.950. The average Bonchev–Trinajstić information content (AvgIpc) is 2.14. The zero-order valence-electron chi connectivity index (χ0n) is 5.83. The molecule has 1 aromatic heterocycles. The van der Waals surface area contributed by atoms with Crippen molar-refractivity contribution in [3.63, 3.8) is 0 Å². The van der Waals surface area contributed by atoms with Crippen LogP contribution in [0.5, 0.6) is 0 Å². The molecule has 2 N–H and O–H groups in total. The summed E-state index contributed by atoms with van der Waals surface area (Å²) >= 11 is 0. The Morgan fingerprint density at radius 2 is 2.40 bits per heavy atom. The summed E-state index contributed by atoms with van der Waals surface area (Å²) in [5.41, 5.74) is -0.309. The lowest BCUT2D eigenvalue weighted by Gasteiger charge is -1.99. The minimum absolute atomic E-state index is 0.309. The predicted octanol–water partition coefficient (Wildman–Crippen LogP) is -0.838. The van der Waals surface area contributed by atoms with Crippen molar-refractivity contribution in [2.45, 2.75) is 13.0 Å². The molecule has 5 nitrogen and oxygen atoms in total. The molecule has 0 unspecified atom stereocenters. The van der Waals surface area contributed by atoms with Crippen LogP contribution >= 0.6 is 0 Å². The van der Waals surface area contributed by atoms with E-state index in [-0.39, 0.29) is 5.69 Å². The van der Waals surface area contributed by atoms with Gasteiger partial charge in [0.15, 0.2) is 5.82 Å². The summed E-state index contributed by atoms with van der Waals surface area (Å²) < 4.78 is 1.27. The summed E-state index contributed by atoms with van der Waals surface area (Å²) in [6.45, 7) is 1.55. The van der Waals surface area contributed by atoms with Gasteiger partial charge in [-0.3, -0.25) is 4.57 Å². The van der Waals surface area contributed by atoms with E-state index in [4.69, 9.17) is 5.11 Å². The molecule has 0 bridgehead atoms. The van der Waals surface area contributed by atoms with Crippen LogP contribution in [0.4, 0.5) is 0 Å². The van der Waals surface area contributed by atoms with Crippen molar-refractivity contribution in [1.29, 1.82) is 0 Å². The monoisotopic (exact) mass is 143 g/mol. The molecule has 1 heterocycles. The van der Waals surface area contributed by atoms with Gasteiger partial charge in [-0.2, -0.15) is 5.10 Å². The largest absolute Gasteiger partial charge is 0.385 e. The third-order valence-corrected chi connectivity index (χ3v) is 1.29. The zero-order valence-corrected chi connectivity index (χ0v) is 5.83. The van der Waals surface area contributed by atoms with Crippen molar-refractivity contribution in [1.82, 2.24) is 14.8 Å². The molecule has 1 rings (SSSR count). The van der Waals surface area contributed by atoms with Gasteiger partial charge in [0, 0.05) is 7.05 Å². The lowest BCUT2D eigenvalue weighted by atomic mass is 10.4. The third-order valence-electron chi connectivity index (χ3n) is 1.29. The summed E-state index contributed by atoms with van der Waals surface area (Å²) in [4.78, 5) is 10.7. The topological polar surface area (TPSA) is 70.9 Å². The number of H-pyrrole nitrogens is 1. The lowest BCUT2D eigenvalue weighted by molar-refractivity contribution is 0.184. The number of rotatable bonds is 1. The van der Waals surface area contributed by atoms with Gasteiger partial charge in [0.2, 0.25) is 0 Å². The number of nitrogens with one attached hydrogen (secondary N) is 1.